The maximum atomic E-state index is 11.4. The first kappa shape index (κ1) is 13.5. The molecule has 0 aromatic carbocycles. The SMILES string of the molecule is CCCCCCC(C)NCC(=O)NC1CC1. The van der Waals surface area contributed by atoms with Crippen molar-refractivity contribution in [2.24, 2.45) is 0 Å². The highest BCUT2D eigenvalue weighted by Crippen LogP contribution is 2.18. The number of unbranched alkanes of at least 4 members (excludes halogenated alkanes) is 3. The fraction of sp³-hybridized carbons (Fsp3) is 0.923. The summed E-state index contributed by atoms with van der Waals surface area (Å²) in [5.74, 6) is 0.155. The maximum Gasteiger partial charge on any atom is 0.234 e. The molecule has 1 fully saturated rings. The molecule has 0 heterocycles. The van der Waals surface area contributed by atoms with Crippen LogP contribution in [0.15, 0.2) is 0 Å². The molecular formula is C13H26N2O. The lowest BCUT2D eigenvalue weighted by Crippen LogP contribution is -2.38. The molecule has 0 aromatic heterocycles. The Kier molecular flexibility index (Phi) is 6.46. The largest absolute Gasteiger partial charge is 0.352 e. The molecule has 1 aliphatic rings. The van der Waals surface area contributed by atoms with Crippen LogP contribution in [0.4, 0.5) is 0 Å². The van der Waals surface area contributed by atoms with Gasteiger partial charge in [0, 0.05) is 12.1 Å². The van der Waals surface area contributed by atoms with E-state index in [0.29, 0.717) is 18.6 Å². The van der Waals surface area contributed by atoms with Crippen molar-refractivity contribution in [1.82, 2.24) is 10.6 Å². The molecule has 0 radical (unpaired) electrons. The summed E-state index contributed by atoms with van der Waals surface area (Å²) in [6.07, 6.45) is 8.71. The van der Waals surface area contributed by atoms with Crippen LogP contribution in [0.25, 0.3) is 0 Å². The van der Waals surface area contributed by atoms with E-state index in [-0.39, 0.29) is 5.91 Å². The van der Waals surface area contributed by atoms with Gasteiger partial charge in [-0.2, -0.15) is 0 Å². The number of rotatable bonds is 9. The van der Waals surface area contributed by atoms with Crippen molar-refractivity contribution in [1.29, 1.82) is 0 Å². The molecule has 0 spiro atoms. The van der Waals surface area contributed by atoms with E-state index in [0.717, 1.165) is 12.8 Å². The first-order valence-corrected chi connectivity index (χ1v) is 6.75. The Morgan fingerprint density at radius 1 is 1.31 bits per heavy atom. The molecule has 2 N–H and O–H groups in total. The molecule has 16 heavy (non-hydrogen) atoms. The van der Waals surface area contributed by atoms with E-state index in [4.69, 9.17) is 0 Å². The summed E-state index contributed by atoms with van der Waals surface area (Å²) in [4.78, 5) is 11.4. The van der Waals surface area contributed by atoms with Crippen molar-refractivity contribution in [3.8, 4) is 0 Å². The third-order valence-electron chi connectivity index (χ3n) is 3.04. The van der Waals surface area contributed by atoms with Gasteiger partial charge in [-0.25, -0.2) is 0 Å². The van der Waals surface area contributed by atoms with Crippen LogP contribution >= 0.6 is 0 Å². The number of hydrogen-bond donors (Lipinski definition) is 2. The summed E-state index contributed by atoms with van der Waals surface area (Å²) in [6, 6.07) is 0.941. The molecule has 3 heteroatoms. The van der Waals surface area contributed by atoms with Gasteiger partial charge in [0.15, 0.2) is 0 Å². The molecular weight excluding hydrogens is 200 g/mol. The van der Waals surface area contributed by atoms with Crippen LogP contribution in [-0.2, 0) is 4.79 Å². The van der Waals surface area contributed by atoms with E-state index >= 15 is 0 Å². The minimum atomic E-state index is 0.155. The standard InChI is InChI=1S/C13H26N2O/c1-3-4-5-6-7-11(2)14-10-13(16)15-12-8-9-12/h11-12,14H,3-10H2,1-2H3,(H,15,16). The average molecular weight is 226 g/mol. The van der Waals surface area contributed by atoms with E-state index in [2.05, 4.69) is 24.5 Å². The van der Waals surface area contributed by atoms with Gasteiger partial charge in [-0.05, 0) is 26.2 Å². The van der Waals surface area contributed by atoms with Gasteiger partial charge in [0.1, 0.15) is 0 Å². The van der Waals surface area contributed by atoms with E-state index in [1.54, 1.807) is 0 Å². The first-order chi connectivity index (χ1) is 7.72. The molecule has 0 aromatic rings. The van der Waals surface area contributed by atoms with Crippen molar-refractivity contribution in [2.75, 3.05) is 6.54 Å². The Morgan fingerprint density at radius 3 is 2.69 bits per heavy atom. The van der Waals surface area contributed by atoms with Crippen molar-refractivity contribution in [3.05, 3.63) is 0 Å². The fourth-order valence-corrected chi connectivity index (χ4v) is 1.75. The van der Waals surface area contributed by atoms with Crippen LogP contribution in [-0.4, -0.2) is 24.5 Å². The minimum absolute atomic E-state index is 0.155. The molecule has 0 bridgehead atoms. The van der Waals surface area contributed by atoms with E-state index in [1.165, 1.54) is 32.1 Å². The topological polar surface area (TPSA) is 41.1 Å². The molecule has 3 nitrogen and oxygen atoms in total. The van der Waals surface area contributed by atoms with Crippen molar-refractivity contribution < 1.29 is 4.79 Å². The normalized spacial score (nSPS) is 17.1. The average Bonchev–Trinajstić information content (AvgIpc) is 3.05. The molecule has 1 amide bonds. The summed E-state index contributed by atoms with van der Waals surface area (Å²) in [7, 11) is 0. The fourth-order valence-electron chi connectivity index (χ4n) is 1.75. The number of amides is 1. The lowest BCUT2D eigenvalue weighted by molar-refractivity contribution is -0.120. The third-order valence-corrected chi connectivity index (χ3v) is 3.04. The maximum absolute atomic E-state index is 11.4. The van der Waals surface area contributed by atoms with Gasteiger partial charge in [0.25, 0.3) is 0 Å². The Balaban J connectivity index is 1.91. The second kappa shape index (κ2) is 7.66. The number of carbonyl (C=O) groups excluding carboxylic acids is 1. The Hall–Kier alpha value is -0.570. The van der Waals surface area contributed by atoms with Crippen molar-refractivity contribution >= 4 is 5.91 Å². The minimum Gasteiger partial charge on any atom is -0.352 e. The van der Waals surface area contributed by atoms with Crippen LogP contribution in [0, 0.1) is 0 Å². The summed E-state index contributed by atoms with van der Waals surface area (Å²) >= 11 is 0. The van der Waals surface area contributed by atoms with Crippen LogP contribution < -0.4 is 10.6 Å². The molecule has 94 valence electrons. The summed E-state index contributed by atoms with van der Waals surface area (Å²) < 4.78 is 0. The van der Waals surface area contributed by atoms with Gasteiger partial charge < -0.3 is 10.6 Å². The predicted octanol–water partition coefficient (Wildman–Crippen LogP) is 2.21. The van der Waals surface area contributed by atoms with E-state index in [9.17, 15) is 4.79 Å². The lowest BCUT2D eigenvalue weighted by Gasteiger charge is -2.13. The Labute approximate surface area is 99.4 Å². The molecule has 0 aliphatic heterocycles. The summed E-state index contributed by atoms with van der Waals surface area (Å²) in [5, 5.41) is 6.26. The monoisotopic (exact) mass is 226 g/mol. The van der Waals surface area contributed by atoms with Crippen molar-refractivity contribution in [3.63, 3.8) is 0 Å². The zero-order valence-electron chi connectivity index (χ0n) is 10.7. The lowest BCUT2D eigenvalue weighted by atomic mass is 10.1. The summed E-state index contributed by atoms with van der Waals surface area (Å²) in [5.41, 5.74) is 0. The molecule has 1 aliphatic carbocycles. The molecule has 1 unspecified atom stereocenters. The van der Waals surface area contributed by atoms with Gasteiger partial charge in [0.05, 0.1) is 6.54 Å². The third kappa shape index (κ3) is 6.83. The van der Waals surface area contributed by atoms with Gasteiger partial charge in [0.2, 0.25) is 5.91 Å². The van der Waals surface area contributed by atoms with Crippen LogP contribution in [0.5, 0.6) is 0 Å². The molecule has 1 rings (SSSR count). The Morgan fingerprint density at radius 2 is 2.06 bits per heavy atom. The molecule has 1 atom stereocenters. The highest BCUT2D eigenvalue weighted by molar-refractivity contribution is 5.78. The summed E-state index contributed by atoms with van der Waals surface area (Å²) in [6.45, 7) is 4.87. The Bertz CT molecular complexity index is 202. The second-order valence-electron chi connectivity index (χ2n) is 4.97. The van der Waals surface area contributed by atoms with Crippen LogP contribution in [0.1, 0.15) is 58.8 Å². The molecule has 1 saturated carbocycles. The zero-order chi connectivity index (χ0) is 11.8. The van der Waals surface area contributed by atoms with Crippen molar-refractivity contribution in [2.45, 2.75) is 70.9 Å². The van der Waals surface area contributed by atoms with Gasteiger partial charge in [-0.3, -0.25) is 4.79 Å². The van der Waals surface area contributed by atoms with Gasteiger partial charge in [-0.15, -0.1) is 0 Å². The second-order valence-corrected chi connectivity index (χ2v) is 4.97. The van der Waals surface area contributed by atoms with Crippen LogP contribution in [0.2, 0.25) is 0 Å². The number of hydrogen-bond acceptors (Lipinski definition) is 2. The quantitative estimate of drug-likeness (QED) is 0.592. The van der Waals surface area contributed by atoms with E-state index < -0.39 is 0 Å². The highest BCUT2D eigenvalue weighted by atomic mass is 16.2. The van der Waals surface area contributed by atoms with E-state index in [1.807, 2.05) is 0 Å². The zero-order valence-corrected chi connectivity index (χ0v) is 10.7. The van der Waals surface area contributed by atoms with Gasteiger partial charge >= 0.3 is 0 Å². The first-order valence-electron chi connectivity index (χ1n) is 6.75. The predicted molar refractivity (Wildman–Crippen MR) is 67.4 cm³/mol. The highest BCUT2D eigenvalue weighted by Gasteiger charge is 2.22. The van der Waals surface area contributed by atoms with Gasteiger partial charge in [-0.1, -0.05) is 32.6 Å². The smallest absolute Gasteiger partial charge is 0.234 e. The molecule has 0 saturated heterocycles. The number of nitrogens with one attached hydrogen (secondary N) is 2. The number of carbonyl (C=O) groups is 1. The van der Waals surface area contributed by atoms with Crippen LogP contribution in [0.3, 0.4) is 0 Å².